The molecule has 0 aliphatic carbocycles. The number of nitrogens with zero attached hydrogens (tertiary/aromatic N) is 1. The zero-order valence-electron chi connectivity index (χ0n) is 6.73. The van der Waals surface area contributed by atoms with Crippen molar-refractivity contribution in [1.29, 1.82) is 0 Å². The van der Waals surface area contributed by atoms with Crippen LogP contribution < -0.4 is 0 Å². The summed E-state index contributed by atoms with van der Waals surface area (Å²) >= 11 is 1.78. The highest BCUT2D eigenvalue weighted by Crippen LogP contribution is 2.31. The molecular weight excluding hydrogens is 190 g/mol. The van der Waals surface area contributed by atoms with E-state index in [1.54, 1.807) is 11.8 Å². The minimum absolute atomic E-state index is 0.299. The van der Waals surface area contributed by atoms with E-state index in [0.717, 1.165) is 24.3 Å². The molecule has 2 aliphatic heterocycles. The summed E-state index contributed by atoms with van der Waals surface area (Å²) in [5, 5.41) is 0.299. The van der Waals surface area contributed by atoms with Gasteiger partial charge in [-0.25, -0.2) is 0 Å². The van der Waals surface area contributed by atoms with Gasteiger partial charge in [0.05, 0.1) is 5.25 Å². The van der Waals surface area contributed by atoms with Gasteiger partial charge in [-0.1, -0.05) is 0 Å². The van der Waals surface area contributed by atoms with E-state index in [1.165, 1.54) is 4.91 Å². The Hall–Kier alpha value is -0.0900. The second kappa shape index (κ2) is 3.75. The highest BCUT2D eigenvalue weighted by molar-refractivity contribution is 8.04. The number of hydrogen-bond donors (Lipinski definition) is 0. The fourth-order valence-electron chi connectivity index (χ4n) is 1.47. The molecule has 12 heavy (non-hydrogen) atoms. The van der Waals surface area contributed by atoms with Crippen LogP contribution in [0.3, 0.4) is 0 Å². The first-order chi connectivity index (χ1) is 5.88. The molecule has 4 heteroatoms. The minimum Gasteiger partial charge on any atom is -0.267 e. The Morgan fingerprint density at radius 2 is 2.58 bits per heavy atom. The summed E-state index contributed by atoms with van der Waals surface area (Å²) in [5.41, 5.74) is 0. The van der Waals surface area contributed by atoms with Crippen molar-refractivity contribution in [3.05, 3.63) is 11.1 Å². The molecular formula is C8H11NOS2. The predicted molar refractivity (Wildman–Crippen MR) is 55.1 cm³/mol. The molecule has 2 atom stereocenters. The lowest BCUT2D eigenvalue weighted by Crippen LogP contribution is -2.12. The molecule has 0 amide bonds. The van der Waals surface area contributed by atoms with Crippen LogP contribution in [0.25, 0.3) is 0 Å². The minimum atomic E-state index is -0.621. The average Bonchev–Trinajstić information content (AvgIpc) is 2.53. The van der Waals surface area contributed by atoms with Crippen molar-refractivity contribution < 1.29 is 4.21 Å². The molecule has 66 valence electrons. The summed E-state index contributed by atoms with van der Waals surface area (Å²) in [4.78, 5) is 5.33. The molecule has 2 unspecified atom stereocenters. The van der Waals surface area contributed by atoms with Crippen molar-refractivity contribution in [3.8, 4) is 0 Å². The Morgan fingerprint density at radius 3 is 3.17 bits per heavy atom. The van der Waals surface area contributed by atoms with Gasteiger partial charge in [0.2, 0.25) is 0 Å². The fraction of sp³-hybridized carbons (Fsp3) is 0.625. The van der Waals surface area contributed by atoms with Crippen molar-refractivity contribution >= 4 is 28.8 Å². The van der Waals surface area contributed by atoms with Gasteiger partial charge in [0.15, 0.2) is 0 Å². The quantitative estimate of drug-likeness (QED) is 0.644. The topological polar surface area (TPSA) is 29.4 Å². The van der Waals surface area contributed by atoms with Gasteiger partial charge in [-0.2, -0.15) is 0 Å². The number of thioether (sulfide) groups is 1. The highest BCUT2D eigenvalue weighted by Gasteiger charge is 2.27. The molecule has 0 N–H and O–H groups in total. The van der Waals surface area contributed by atoms with E-state index >= 15 is 0 Å². The molecule has 2 heterocycles. The lowest BCUT2D eigenvalue weighted by atomic mass is 10.2. The first-order valence-electron chi connectivity index (χ1n) is 4.09. The largest absolute Gasteiger partial charge is 0.267 e. The highest BCUT2D eigenvalue weighted by atomic mass is 32.2. The summed E-state index contributed by atoms with van der Waals surface area (Å²) in [6, 6.07) is 0. The van der Waals surface area contributed by atoms with Crippen molar-refractivity contribution in [1.82, 2.24) is 0 Å². The smallest absolute Gasteiger partial charge is 0.0672 e. The van der Waals surface area contributed by atoms with E-state index in [4.69, 9.17) is 0 Å². The van der Waals surface area contributed by atoms with Gasteiger partial charge in [-0.3, -0.25) is 9.20 Å². The van der Waals surface area contributed by atoms with Gasteiger partial charge in [0.1, 0.15) is 0 Å². The third-order valence-corrected chi connectivity index (χ3v) is 5.08. The maximum absolute atomic E-state index is 11.5. The zero-order valence-corrected chi connectivity index (χ0v) is 8.37. The van der Waals surface area contributed by atoms with E-state index in [2.05, 4.69) is 4.99 Å². The normalized spacial score (nSPS) is 35.2. The van der Waals surface area contributed by atoms with Crippen LogP contribution in [0.15, 0.2) is 16.1 Å². The van der Waals surface area contributed by atoms with Gasteiger partial charge in [-0.05, 0) is 12.8 Å². The third-order valence-electron chi connectivity index (χ3n) is 2.08. The van der Waals surface area contributed by atoms with Crippen LogP contribution in [0.2, 0.25) is 0 Å². The molecule has 0 saturated carbocycles. The van der Waals surface area contributed by atoms with Gasteiger partial charge < -0.3 is 0 Å². The lowest BCUT2D eigenvalue weighted by Gasteiger charge is -2.13. The van der Waals surface area contributed by atoms with Crippen LogP contribution in [0.1, 0.15) is 12.8 Å². The second-order valence-corrected chi connectivity index (χ2v) is 5.72. The molecule has 0 aromatic carbocycles. The van der Waals surface area contributed by atoms with Gasteiger partial charge >= 0.3 is 0 Å². The molecule has 0 aromatic heterocycles. The summed E-state index contributed by atoms with van der Waals surface area (Å²) in [6.45, 7) is 0. The van der Waals surface area contributed by atoms with Crippen LogP contribution in [-0.4, -0.2) is 27.2 Å². The van der Waals surface area contributed by atoms with E-state index < -0.39 is 10.8 Å². The van der Waals surface area contributed by atoms with Gasteiger partial charge in [0, 0.05) is 39.6 Å². The molecule has 2 rings (SSSR count). The van der Waals surface area contributed by atoms with Gasteiger partial charge in [0.25, 0.3) is 0 Å². The molecule has 0 radical (unpaired) electrons. The Kier molecular flexibility index (Phi) is 2.66. The van der Waals surface area contributed by atoms with Crippen LogP contribution in [0.4, 0.5) is 0 Å². The summed E-state index contributed by atoms with van der Waals surface area (Å²) in [7, 11) is -0.621. The molecule has 2 nitrogen and oxygen atoms in total. The van der Waals surface area contributed by atoms with Crippen LogP contribution in [0.5, 0.6) is 0 Å². The first kappa shape index (κ1) is 8.51. The summed E-state index contributed by atoms with van der Waals surface area (Å²) < 4.78 is 11.5. The standard InChI is InChI=1S/C8H11NOS2/c10-12-5-1-2-8(12)7-6-9-3-4-11-7/h3,6,8H,1-2,4-5H2. The van der Waals surface area contributed by atoms with Crippen LogP contribution >= 0.6 is 11.8 Å². The van der Waals surface area contributed by atoms with Gasteiger partial charge in [-0.15, -0.1) is 11.8 Å². The van der Waals surface area contributed by atoms with Crippen molar-refractivity contribution in [2.45, 2.75) is 18.1 Å². The molecule has 0 spiro atoms. The fourth-order valence-corrected chi connectivity index (χ4v) is 4.28. The monoisotopic (exact) mass is 201 g/mol. The van der Waals surface area contributed by atoms with Crippen LogP contribution in [-0.2, 0) is 10.8 Å². The maximum atomic E-state index is 11.5. The second-order valence-electron chi connectivity index (χ2n) is 2.89. The van der Waals surface area contributed by atoms with Crippen molar-refractivity contribution in [3.63, 3.8) is 0 Å². The van der Waals surface area contributed by atoms with Crippen molar-refractivity contribution in [2.75, 3.05) is 11.5 Å². The summed E-state index contributed by atoms with van der Waals surface area (Å²) in [6.07, 6.45) is 5.97. The first-order valence-corrected chi connectivity index (χ1v) is 6.46. The zero-order chi connectivity index (χ0) is 8.39. The van der Waals surface area contributed by atoms with Crippen LogP contribution in [0, 0.1) is 0 Å². The average molecular weight is 201 g/mol. The van der Waals surface area contributed by atoms with E-state index in [9.17, 15) is 4.21 Å². The molecule has 1 fully saturated rings. The van der Waals surface area contributed by atoms with E-state index in [1.807, 2.05) is 12.4 Å². The SMILES string of the molecule is O=S1CCCC1C1=CN=CCS1. The molecule has 0 bridgehead atoms. The maximum Gasteiger partial charge on any atom is 0.0672 e. The Balaban J connectivity index is 2.12. The van der Waals surface area contributed by atoms with E-state index in [0.29, 0.717) is 5.25 Å². The Labute approximate surface area is 79.0 Å². The molecule has 2 aliphatic rings. The third kappa shape index (κ3) is 1.64. The Bertz CT molecular complexity index is 260. The molecule has 1 saturated heterocycles. The number of rotatable bonds is 1. The molecule has 0 aromatic rings. The van der Waals surface area contributed by atoms with E-state index in [-0.39, 0.29) is 0 Å². The summed E-state index contributed by atoms with van der Waals surface area (Å²) in [5.74, 6) is 1.83. The lowest BCUT2D eigenvalue weighted by molar-refractivity contribution is 0.683. The predicted octanol–water partition coefficient (Wildman–Crippen LogP) is 1.56. The number of hydrogen-bond acceptors (Lipinski definition) is 3. The Morgan fingerprint density at radius 1 is 1.67 bits per heavy atom. The number of aliphatic imine (C=N–C) groups is 1. The van der Waals surface area contributed by atoms with Crippen molar-refractivity contribution in [2.24, 2.45) is 4.99 Å².